The molecule has 4 atom stereocenters. The van der Waals surface area contributed by atoms with Crippen LogP contribution in [-0.2, 0) is 32.0 Å². The van der Waals surface area contributed by atoms with E-state index in [-0.39, 0.29) is 37.2 Å². The summed E-state index contributed by atoms with van der Waals surface area (Å²) in [6, 6.07) is 16.1. The lowest BCUT2D eigenvalue weighted by Crippen LogP contribution is -2.54. The molecule has 0 spiro atoms. The maximum Gasteiger partial charge on any atom is 0.330 e. The van der Waals surface area contributed by atoms with Gasteiger partial charge in [0.25, 0.3) is 0 Å². The highest BCUT2D eigenvalue weighted by molar-refractivity contribution is 5.92. The summed E-state index contributed by atoms with van der Waals surface area (Å²) in [6.45, 7) is 0.950. The monoisotopic (exact) mass is 518 g/mol. The average Bonchev–Trinajstić information content (AvgIpc) is 3.62. The van der Waals surface area contributed by atoms with E-state index in [0.29, 0.717) is 6.42 Å². The second kappa shape index (κ2) is 13.0. The quantitative estimate of drug-likeness (QED) is 0.333. The molecule has 2 aromatic rings. The Morgan fingerprint density at radius 3 is 2.21 bits per heavy atom. The van der Waals surface area contributed by atoms with Crippen LogP contribution in [0.15, 0.2) is 72.8 Å². The molecule has 3 amide bonds. The number of carbonyl (C=O) groups excluding carboxylic acids is 3. The Morgan fingerprint density at radius 1 is 0.947 bits per heavy atom. The first-order chi connectivity index (χ1) is 18.4. The van der Waals surface area contributed by atoms with Gasteiger partial charge in [0.05, 0.1) is 6.04 Å². The van der Waals surface area contributed by atoms with Gasteiger partial charge >= 0.3 is 5.97 Å². The van der Waals surface area contributed by atoms with Gasteiger partial charge in [0, 0.05) is 25.4 Å². The highest BCUT2D eigenvalue weighted by atomic mass is 16.4. The molecule has 1 saturated heterocycles. The fourth-order valence-corrected chi connectivity index (χ4v) is 4.97. The number of hydrogen-bond acceptors (Lipinski definition) is 5. The Bertz CT molecular complexity index is 1150. The second-order valence-electron chi connectivity index (χ2n) is 9.76. The Labute approximate surface area is 222 Å². The maximum atomic E-state index is 13.5. The summed E-state index contributed by atoms with van der Waals surface area (Å²) in [5, 5.41) is 18.6. The molecule has 2 aliphatic rings. The molecule has 38 heavy (non-hydrogen) atoms. The van der Waals surface area contributed by atoms with E-state index in [1.807, 2.05) is 60.7 Å². The van der Waals surface area contributed by atoms with Gasteiger partial charge in [-0.2, -0.15) is 0 Å². The standard InChI is InChI=1S/C29H34N4O5/c34-26(19-22(17-20-9-3-1-4-10-20)31-27(35)23-13-7-15-30-23)32-24(18-21-11-5-2-6-12-21)28(36)33-16-8-14-25(33)29(37)38/h1-6,8-12,14,22-25,30H,7,13,15-19H2,(H,31,35)(H,32,34)(H,37,38)/t22-,23-,24-,25-/m0/s1. The molecule has 9 heteroatoms. The predicted molar refractivity (Wildman–Crippen MR) is 142 cm³/mol. The van der Waals surface area contributed by atoms with Crippen molar-refractivity contribution in [1.82, 2.24) is 20.9 Å². The minimum absolute atomic E-state index is 0.0213. The van der Waals surface area contributed by atoms with E-state index in [1.54, 1.807) is 6.08 Å². The van der Waals surface area contributed by atoms with Gasteiger partial charge in [0.15, 0.2) is 0 Å². The van der Waals surface area contributed by atoms with Gasteiger partial charge in [0.2, 0.25) is 17.7 Å². The van der Waals surface area contributed by atoms with Gasteiger partial charge in [0.1, 0.15) is 12.1 Å². The Hall–Kier alpha value is -3.98. The molecule has 0 saturated carbocycles. The van der Waals surface area contributed by atoms with Gasteiger partial charge in [-0.25, -0.2) is 4.79 Å². The van der Waals surface area contributed by atoms with Crippen LogP contribution < -0.4 is 16.0 Å². The zero-order valence-corrected chi connectivity index (χ0v) is 21.2. The molecule has 0 aromatic heterocycles. The lowest BCUT2D eigenvalue weighted by molar-refractivity contribution is -0.148. The van der Waals surface area contributed by atoms with Gasteiger partial charge < -0.3 is 26.0 Å². The molecule has 0 unspecified atom stereocenters. The van der Waals surface area contributed by atoms with Gasteiger partial charge in [-0.15, -0.1) is 0 Å². The van der Waals surface area contributed by atoms with Crippen molar-refractivity contribution < 1.29 is 24.3 Å². The largest absolute Gasteiger partial charge is 0.479 e. The maximum absolute atomic E-state index is 13.5. The van der Waals surface area contributed by atoms with Crippen molar-refractivity contribution in [2.24, 2.45) is 0 Å². The normalized spacial score (nSPS) is 20.1. The highest BCUT2D eigenvalue weighted by Gasteiger charge is 2.35. The van der Waals surface area contributed by atoms with Gasteiger partial charge in [-0.1, -0.05) is 72.8 Å². The molecular weight excluding hydrogens is 484 g/mol. The summed E-state index contributed by atoms with van der Waals surface area (Å²) < 4.78 is 0. The van der Waals surface area contributed by atoms with Gasteiger partial charge in [-0.05, 0) is 36.9 Å². The molecule has 2 aliphatic heterocycles. The summed E-state index contributed by atoms with van der Waals surface area (Å²) in [5.41, 5.74) is 1.82. The fraction of sp³-hybridized carbons (Fsp3) is 0.379. The second-order valence-corrected chi connectivity index (χ2v) is 9.76. The lowest BCUT2D eigenvalue weighted by Gasteiger charge is -2.28. The van der Waals surface area contributed by atoms with E-state index in [1.165, 1.54) is 11.0 Å². The van der Waals surface area contributed by atoms with E-state index in [4.69, 9.17) is 0 Å². The van der Waals surface area contributed by atoms with E-state index >= 15 is 0 Å². The predicted octanol–water partition coefficient (Wildman–Crippen LogP) is 1.44. The summed E-state index contributed by atoms with van der Waals surface area (Å²) >= 11 is 0. The first kappa shape index (κ1) is 27.1. The Balaban J connectivity index is 1.48. The first-order valence-corrected chi connectivity index (χ1v) is 13.0. The molecule has 0 radical (unpaired) electrons. The summed E-state index contributed by atoms with van der Waals surface area (Å²) in [5.74, 6) is -2.11. The number of aliphatic carboxylic acids is 1. The van der Waals surface area contributed by atoms with Crippen LogP contribution in [0.5, 0.6) is 0 Å². The fourth-order valence-electron chi connectivity index (χ4n) is 4.97. The topological polar surface area (TPSA) is 128 Å². The van der Waals surface area contributed by atoms with Crippen molar-refractivity contribution in [2.45, 2.75) is 56.3 Å². The van der Waals surface area contributed by atoms with Crippen molar-refractivity contribution in [3.8, 4) is 0 Å². The number of carboxylic acid groups (broad SMARTS) is 1. The third kappa shape index (κ3) is 7.29. The van der Waals surface area contributed by atoms with E-state index < -0.39 is 30.0 Å². The van der Waals surface area contributed by atoms with Crippen LogP contribution in [0.4, 0.5) is 0 Å². The third-order valence-corrected chi connectivity index (χ3v) is 6.89. The zero-order valence-electron chi connectivity index (χ0n) is 21.2. The zero-order chi connectivity index (χ0) is 26.9. The number of amides is 3. The lowest BCUT2D eigenvalue weighted by atomic mass is 10.0. The van der Waals surface area contributed by atoms with Crippen LogP contribution in [0.1, 0.15) is 30.4 Å². The Morgan fingerprint density at radius 2 is 1.61 bits per heavy atom. The molecule has 2 heterocycles. The van der Waals surface area contributed by atoms with Crippen LogP contribution >= 0.6 is 0 Å². The summed E-state index contributed by atoms with van der Waals surface area (Å²) in [6.07, 6.45) is 5.45. The number of nitrogens with zero attached hydrogens (tertiary/aromatic N) is 1. The van der Waals surface area contributed by atoms with Crippen molar-refractivity contribution >= 4 is 23.7 Å². The number of rotatable bonds is 11. The SMILES string of the molecule is O=C(C[C@H](Cc1ccccc1)NC(=O)[C@@H]1CCCN1)N[C@@H](Cc1ccccc1)C(=O)N1CC=C[C@H]1C(=O)O. The van der Waals surface area contributed by atoms with Crippen LogP contribution in [0, 0.1) is 0 Å². The van der Waals surface area contributed by atoms with Crippen molar-refractivity contribution in [3.63, 3.8) is 0 Å². The Kier molecular flexibility index (Phi) is 9.26. The first-order valence-electron chi connectivity index (χ1n) is 13.0. The van der Waals surface area contributed by atoms with Crippen molar-refractivity contribution in [1.29, 1.82) is 0 Å². The highest BCUT2D eigenvalue weighted by Crippen LogP contribution is 2.15. The molecule has 4 rings (SSSR count). The summed E-state index contributed by atoms with van der Waals surface area (Å²) in [7, 11) is 0. The van der Waals surface area contributed by atoms with E-state index in [9.17, 15) is 24.3 Å². The number of benzene rings is 2. The molecule has 0 bridgehead atoms. The number of carboxylic acids is 1. The number of carbonyl (C=O) groups is 4. The molecule has 9 nitrogen and oxygen atoms in total. The minimum atomic E-state index is -1.12. The molecular formula is C29H34N4O5. The van der Waals surface area contributed by atoms with Gasteiger partial charge in [-0.3, -0.25) is 14.4 Å². The number of hydrogen-bond donors (Lipinski definition) is 4. The smallest absolute Gasteiger partial charge is 0.330 e. The summed E-state index contributed by atoms with van der Waals surface area (Å²) in [4.78, 5) is 52.5. The van der Waals surface area contributed by atoms with E-state index in [2.05, 4.69) is 16.0 Å². The van der Waals surface area contributed by atoms with Crippen LogP contribution in [0.2, 0.25) is 0 Å². The third-order valence-electron chi connectivity index (χ3n) is 6.89. The average molecular weight is 519 g/mol. The van der Waals surface area contributed by atoms with Crippen LogP contribution in [0.3, 0.4) is 0 Å². The van der Waals surface area contributed by atoms with E-state index in [0.717, 1.165) is 30.5 Å². The van der Waals surface area contributed by atoms with Crippen LogP contribution in [-0.4, -0.2) is 71.0 Å². The number of nitrogens with one attached hydrogen (secondary N) is 3. The molecule has 4 N–H and O–H groups in total. The molecule has 0 aliphatic carbocycles. The molecule has 1 fully saturated rings. The van der Waals surface area contributed by atoms with Crippen molar-refractivity contribution in [2.75, 3.05) is 13.1 Å². The molecule has 2 aromatic carbocycles. The van der Waals surface area contributed by atoms with Crippen LogP contribution in [0.25, 0.3) is 0 Å². The molecule has 200 valence electrons. The van der Waals surface area contributed by atoms with Crippen molar-refractivity contribution in [3.05, 3.63) is 83.9 Å². The minimum Gasteiger partial charge on any atom is -0.479 e.